The molecule has 2 aromatic rings. The molecule has 2 rings (SSSR count). The Hall–Kier alpha value is -2.08. The third-order valence-corrected chi connectivity index (χ3v) is 2.25. The van der Waals surface area contributed by atoms with E-state index in [0.29, 0.717) is 17.1 Å². The summed E-state index contributed by atoms with van der Waals surface area (Å²) in [6.45, 7) is 0. The largest absolute Gasteiger partial charge is 0.307 e. The molecule has 1 aromatic heterocycles. The number of hydrazine groups is 1. The van der Waals surface area contributed by atoms with Gasteiger partial charge in [0.25, 0.3) is 6.43 Å². The van der Waals surface area contributed by atoms with E-state index >= 15 is 0 Å². The summed E-state index contributed by atoms with van der Waals surface area (Å²) in [5, 5.41) is 0. The number of alkyl halides is 2. The second kappa shape index (κ2) is 4.84. The molecule has 0 amide bonds. The molecular formula is C11H10F2N4. The molecule has 88 valence electrons. The van der Waals surface area contributed by atoms with E-state index in [1.54, 1.807) is 12.1 Å². The van der Waals surface area contributed by atoms with E-state index in [9.17, 15) is 8.78 Å². The van der Waals surface area contributed by atoms with Crippen LogP contribution in [0.1, 0.15) is 12.0 Å². The lowest BCUT2D eigenvalue weighted by molar-refractivity contribution is 0.151. The molecule has 0 unspecified atom stereocenters. The van der Waals surface area contributed by atoms with Gasteiger partial charge in [0.05, 0.1) is 0 Å². The average molecular weight is 236 g/mol. The third-order valence-electron chi connectivity index (χ3n) is 2.25. The van der Waals surface area contributed by atoms with Crippen molar-refractivity contribution in [3.8, 4) is 11.3 Å². The van der Waals surface area contributed by atoms with Crippen LogP contribution in [0.5, 0.6) is 0 Å². The number of hydrogen-bond donors (Lipinski definition) is 2. The molecular weight excluding hydrogens is 226 g/mol. The molecule has 0 aliphatic rings. The highest BCUT2D eigenvalue weighted by molar-refractivity contribution is 5.71. The Labute approximate surface area is 96.5 Å². The average Bonchev–Trinajstić information content (AvgIpc) is 2.39. The first-order valence-corrected chi connectivity index (χ1v) is 4.88. The van der Waals surface area contributed by atoms with Crippen LogP contribution in [0.15, 0.2) is 36.7 Å². The Kier molecular flexibility index (Phi) is 3.24. The van der Waals surface area contributed by atoms with E-state index in [2.05, 4.69) is 15.4 Å². The number of halogens is 2. The second-order valence-corrected chi connectivity index (χ2v) is 3.32. The lowest BCUT2D eigenvalue weighted by atomic mass is 10.1. The molecule has 0 fully saturated rings. The standard InChI is InChI=1S/C11H10F2N4/c12-10(13)8-3-1-2-7(6-8)9-11(17-14)16-5-4-15-9/h1-6,10H,14H2,(H,16,17). The molecule has 6 heteroatoms. The van der Waals surface area contributed by atoms with Gasteiger partial charge < -0.3 is 5.43 Å². The summed E-state index contributed by atoms with van der Waals surface area (Å²) >= 11 is 0. The van der Waals surface area contributed by atoms with Crippen molar-refractivity contribution in [2.24, 2.45) is 5.84 Å². The molecule has 0 radical (unpaired) electrons. The Morgan fingerprint density at radius 1 is 1.18 bits per heavy atom. The molecule has 1 heterocycles. The first-order valence-electron chi connectivity index (χ1n) is 4.88. The quantitative estimate of drug-likeness (QED) is 0.634. The number of nitrogens with zero attached hydrogens (tertiary/aromatic N) is 2. The summed E-state index contributed by atoms with van der Waals surface area (Å²) in [5.41, 5.74) is 3.31. The van der Waals surface area contributed by atoms with Crippen molar-refractivity contribution >= 4 is 5.82 Å². The Bertz CT molecular complexity index is 516. The first kappa shape index (κ1) is 11.4. The fourth-order valence-corrected chi connectivity index (χ4v) is 1.48. The Morgan fingerprint density at radius 3 is 2.65 bits per heavy atom. The van der Waals surface area contributed by atoms with Crippen LogP contribution < -0.4 is 11.3 Å². The van der Waals surface area contributed by atoms with Gasteiger partial charge in [0.15, 0.2) is 5.82 Å². The number of nitrogens with two attached hydrogens (primary N) is 1. The zero-order chi connectivity index (χ0) is 12.3. The molecule has 0 saturated heterocycles. The number of rotatable bonds is 3. The third kappa shape index (κ3) is 2.36. The van der Waals surface area contributed by atoms with Crippen LogP contribution in [-0.2, 0) is 0 Å². The Morgan fingerprint density at radius 2 is 1.94 bits per heavy atom. The SMILES string of the molecule is NNc1nccnc1-c1cccc(C(F)F)c1. The van der Waals surface area contributed by atoms with Crippen molar-refractivity contribution in [1.29, 1.82) is 0 Å². The van der Waals surface area contributed by atoms with E-state index in [-0.39, 0.29) is 5.56 Å². The van der Waals surface area contributed by atoms with Gasteiger partial charge in [-0.3, -0.25) is 4.98 Å². The monoisotopic (exact) mass is 236 g/mol. The smallest absolute Gasteiger partial charge is 0.263 e. The molecule has 0 atom stereocenters. The van der Waals surface area contributed by atoms with Crippen molar-refractivity contribution in [2.75, 3.05) is 5.43 Å². The summed E-state index contributed by atoms with van der Waals surface area (Å²) in [6, 6.07) is 5.96. The van der Waals surface area contributed by atoms with Gasteiger partial charge in [-0.15, -0.1) is 0 Å². The second-order valence-electron chi connectivity index (χ2n) is 3.32. The summed E-state index contributed by atoms with van der Waals surface area (Å²) < 4.78 is 25.1. The minimum atomic E-state index is -2.51. The van der Waals surface area contributed by atoms with E-state index in [0.717, 1.165) is 0 Å². The zero-order valence-corrected chi connectivity index (χ0v) is 8.77. The highest BCUT2D eigenvalue weighted by atomic mass is 19.3. The van der Waals surface area contributed by atoms with Gasteiger partial charge in [-0.25, -0.2) is 19.6 Å². The van der Waals surface area contributed by atoms with Gasteiger partial charge >= 0.3 is 0 Å². The van der Waals surface area contributed by atoms with E-state index in [1.165, 1.54) is 24.5 Å². The van der Waals surface area contributed by atoms with E-state index in [4.69, 9.17) is 5.84 Å². The van der Waals surface area contributed by atoms with Gasteiger partial charge in [0.2, 0.25) is 0 Å². The summed E-state index contributed by atoms with van der Waals surface area (Å²) in [6.07, 6.45) is 0.432. The highest BCUT2D eigenvalue weighted by Gasteiger charge is 2.11. The van der Waals surface area contributed by atoms with Crippen molar-refractivity contribution in [3.05, 3.63) is 42.2 Å². The van der Waals surface area contributed by atoms with Crippen LogP contribution in [0.3, 0.4) is 0 Å². The fourth-order valence-electron chi connectivity index (χ4n) is 1.48. The lowest BCUT2D eigenvalue weighted by Gasteiger charge is -2.07. The van der Waals surface area contributed by atoms with E-state index in [1.807, 2.05) is 0 Å². The highest BCUT2D eigenvalue weighted by Crippen LogP contribution is 2.27. The van der Waals surface area contributed by atoms with Gasteiger partial charge in [0, 0.05) is 23.5 Å². The number of nitrogens with one attached hydrogen (secondary N) is 1. The number of benzene rings is 1. The number of anilines is 1. The van der Waals surface area contributed by atoms with Crippen molar-refractivity contribution < 1.29 is 8.78 Å². The van der Waals surface area contributed by atoms with Crippen molar-refractivity contribution in [3.63, 3.8) is 0 Å². The van der Waals surface area contributed by atoms with Crippen LogP contribution in [0, 0.1) is 0 Å². The first-order chi connectivity index (χ1) is 8.22. The van der Waals surface area contributed by atoms with Crippen LogP contribution >= 0.6 is 0 Å². The van der Waals surface area contributed by atoms with Crippen molar-refractivity contribution in [2.45, 2.75) is 6.43 Å². The lowest BCUT2D eigenvalue weighted by Crippen LogP contribution is -2.10. The predicted molar refractivity (Wildman–Crippen MR) is 60.2 cm³/mol. The molecule has 1 aromatic carbocycles. The molecule has 0 aliphatic heterocycles. The fraction of sp³-hybridized carbons (Fsp3) is 0.0909. The molecule has 4 nitrogen and oxygen atoms in total. The maximum absolute atomic E-state index is 12.6. The maximum Gasteiger partial charge on any atom is 0.263 e. The molecule has 17 heavy (non-hydrogen) atoms. The number of hydrogen-bond acceptors (Lipinski definition) is 4. The molecule has 0 saturated carbocycles. The van der Waals surface area contributed by atoms with Gasteiger partial charge in [0.1, 0.15) is 5.69 Å². The summed E-state index contributed by atoms with van der Waals surface area (Å²) in [7, 11) is 0. The minimum Gasteiger partial charge on any atom is -0.307 e. The van der Waals surface area contributed by atoms with Gasteiger partial charge in [-0.2, -0.15) is 0 Å². The molecule has 0 bridgehead atoms. The van der Waals surface area contributed by atoms with Crippen LogP contribution in [0.2, 0.25) is 0 Å². The molecule has 0 spiro atoms. The topological polar surface area (TPSA) is 63.8 Å². The van der Waals surface area contributed by atoms with Crippen LogP contribution in [0.25, 0.3) is 11.3 Å². The van der Waals surface area contributed by atoms with Crippen molar-refractivity contribution in [1.82, 2.24) is 9.97 Å². The molecule has 3 N–H and O–H groups in total. The predicted octanol–water partition coefficient (Wildman–Crippen LogP) is 2.37. The zero-order valence-electron chi connectivity index (χ0n) is 8.77. The van der Waals surface area contributed by atoms with Crippen LogP contribution in [-0.4, -0.2) is 9.97 Å². The summed E-state index contributed by atoms with van der Waals surface area (Å²) in [5.74, 6) is 5.63. The minimum absolute atomic E-state index is 0.0591. The maximum atomic E-state index is 12.6. The number of aromatic nitrogens is 2. The molecule has 0 aliphatic carbocycles. The number of nitrogen functional groups attached to an aromatic ring is 1. The van der Waals surface area contributed by atoms with Gasteiger partial charge in [-0.05, 0) is 6.07 Å². The van der Waals surface area contributed by atoms with E-state index < -0.39 is 6.43 Å². The summed E-state index contributed by atoms with van der Waals surface area (Å²) in [4.78, 5) is 8.03. The van der Waals surface area contributed by atoms with Crippen LogP contribution in [0.4, 0.5) is 14.6 Å². The van der Waals surface area contributed by atoms with Gasteiger partial charge in [-0.1, -0.05) is 18.2 Å². The normalized spacial score (nSPS) is 10.6. The Balaban J connectivity index is 2.49.